The molecular formula is C11H5BrF3NO2S. The Hall–Kier alpha value is -1.41. The van der Waals surface area contributed by atoms with E-state index in [4.69, 9.17) is 5.11 Å². The molecule has 0 aliphatic rings. The van der Waals surface area contributed by atoms with Crippen molar-refractivity contribution >= 4 is 33.2 Å². The second-order valence-electron chi connectivity index (χ2n) is 3.52. The van der Waals surface area contributed by atoms with E-state index in [0.29, 0.717) is 15.8 Å². The maximum absolute atomic E-state index is 12.9. The van der Waals surface area contributed by atoms with Crippen LogP contribution < -0.4 is 0 Å². The molecule has 2 aromatic rings. The van der Waals surface area contributed by atoms with E-state index >= 15 is 0 Å². The predicted molar refractivity (Wildman–Crippen MR) is 67.2 cm³/mol. The third-order valence-electron chi connectivity index (χ3n) is 2.23. The SMILES string of the molecule is O=C(O)c1cnc(-c2ccc(Br)cc2C(F)(F)F)s1. The van der Waals surface area contributed by atoms with Gasteiger partial charge in [0.15, 0.2) is 0 Å². The van der Waals surface area contributed by atoms with Gasteiger partial charge in [0.05, 0.1) is 11.8 Å². The molecule has 1 aromatic carbocycles. The Morgan fingerprint density at radius 1 is 1.37 bits per heavy atom. The number of rotatable bonds is 2. The summed E-state index contributed by atoms with van der Waals surface area (Å²) in [7, 11) is 0. The van der Waals surface area contributed by atoms with Gasteiger partial charge in [0.2, 0.25) is 0 Å². The molecule has 0 spiro atoms. The quantitative estimate of drug-likeness (QED) is 0.877. The minimum Gasteiger partial charge on any atom is -0.477 e. The zero-order valence-corrected chi connectivity index (χ0v) is 11.4. The molecule has 2 rings (SSSR count). The summed E-state index contributed by atoms with van der Waals surface area (Å²) < 4.78 is 39.0. The van der Waals surface area contributed by atoms with Crippen LogP contribution in [0.5, 0.6) is 0 Å². The van der Waals surface area contributed by atoms with E-state index in [0.717, 1.165) is 12.3 Å². The van der Waals surface area contributed by atoms with Crippen LogP contribution in [-0.2, 0) is 6.18 Å². The number of aromatic carboxylic acids is 1. The first-order chi connectivity index (χ1) is 8.79. The Labute approximate surface area is 117 Å². The summed E-state index contributed by atoms with van der Waals surface area (Å²) in [6.07, 6.45) is -3.49. The van der Waals surface area contributed by atoms with Crippen LogP contribution >= 0.6 is 27.3 Å². The molecule has 0 amide bonds. The first-order valence-corrected chi connectivity index (χ1v) is 6.46. The van der Waals surface area contributed by atoms with Gasteiger partial charge < -0.3 is 5.11 Å². The number of thiazole rings is 1. The summed E-state index contributed by atoms with van der Waals surface area (Å²) in [5.74, 6) is -1.21. The van der Waals surface area contributed by atoms with Gasteiger partial charge in [-0.15, -0.1) is 11.3 Å². The van der Waals surface area contributed by atoms with Crippen molar-refractivity contribution in [2.75, 3.05) is 0 Å². The first kappa shape index (κ1) is 14.0. The van der Waals surface area contributed by atoms with Crippen LogP contribution in [-0.4, -0.2) is 16.1 Å². The second-order valence-corrected chi connectivity index (χ2v) is 5.47. The van der Waals surface area contributed by atoms with E-state index in [1.165, 1.54) is 12.1 Å². The molecule has 0 saturated carbocycles. The van der Waals surface area contributed by atoms with Crippen molar-refractivity contribution in [2.24, 2.45) is 0 Å². The molecule has 0 fully saturated rings. The molecule has 0 saturated heterocycles. The zero-order chi connectivity index (χ0) is 14.2. The molecule has 3 nitrogen and oxygen atoms in total. The minimum absolute atomic E-state index is 0.0252. The molecule has 100 valence electrons. The number of nitrogens with zero attached hydrogens (tertiary/aromatic N) is 1. The summed E-state index contributed by atoms with van der Waals surface area (Å²) in [5.41, 5.74) is -0.985. The maximum atomic E-state index is 12.9. The number of carboxylic acid groups (broad SMARTS) is 1. The summed E-state index contributed by atoms with van der Waals surface area (Å²) >= 11 is 3.68. The van der Waals surface area contributed by atoms with Crippen molar-refractivity contribution < 1.29 is 23.1 Å². The molecule has 1 N–H and O–H groups in total. The lowest BCUT2D eigenvalue weighted by Crippen LogP contribution is -2.07. The molecule has 0 aliphatic heterocycles. The summed E-state index contributed by atoms with van der Waals surface area (Å²) in [6, 6.07) is 3.65. The lowest BCUT2D eigenvalue weighted by Gasteiger charge is -2.11. The highest BCUT2D eigenvalue weighted by Gasteiger charge is 2.34. The van der Waals surface area contributed by atoms with E-state index in [-0.39, 0.29) is 15.4 Å². The highest BCUT2D eigenvalue weighted by molar-refractivity contribution is 9.10. The molecule has 19 heavy (non-hydrogen) atoms. The van der Waals surface area contributed by atoms with E-state index in [2.05, 4.69) is 20.9 Å². The highest BCUT2D eigenvalue weighted by atomic mass is 79.9. The monoisotopic (exact) mass is 351 g/mol. The van der Waals surface area contributed by atoms with Gasteiger partial charge in [0.25, 0.3) is 0 Å². The number of carboxylic acids is 1. The van der Waals surface area contributed by atoms with E-state index in [9.17, 15) is 18.0 Å². The van der Waals surface area contributed by atoms with Crippen molar-refractivity contribution in [3.8, 4) is 10.6 Å². The third-order valence-corrected chi connectivity index (χ3v) is 3.75. The number of hydrogen-bond acceptors (Lipinski definition) is 3. The van der Waals surface area contributed by atoms with Crippen LogP contribution in [0.15, 0.2) is 28.9 Å². The van der Waals surface area contributed by atoms with Crippen molar-refractivity contribution in [3.63, 3.8) is 0 Å². The second kappa shape index (κ2) is 4.93. The summed E-state index contributed by atoms with van der Waals surface area (Å²) in [6.45, 7) is 0. The van der Waals surface area contributed by atoms with Gasteiger partial charge in [-0.3, -0.25) is 0 Å². The normalized spacial score (nSPS) is 11.6. The molecule has 8 heteroatoms. The van der Waals surface area contributed by atoms with E-state index < -0.39 is 17.7 Å². The first-order valence-electron chi connectivity index (χ1n) is 4.85. The van der Waals surface area contributed by atoms with Crippen LogP contribution in [0.4, 0.5) is 13.2 Å². The number of hydrogen-bond donors (Lipinski definition) is 1. The number of benzene rings is 1. The maximum Gasteiger partial charge on any atom is 0.417 e. The third kappa shape index (κ3) is 2.95. The summed E-state index contributed by atoms with van der Waals surface area (Å²) in [4.78, 5) is 14.4. The van der Waals surface area contributed by atoms with Crippen LogP contribution in [0, 0.1) is 0 Å². The predicted octanol–water partition coefficient (Wildman–Crippen LogP) is 4.29. The number of alkyl halides is 3. The van der Waals surface area contributed by atoms with Gasteiger partial charge in [0.1, 0.15) is 9.88 Å². The standard InChI is InChI=1S/C11H5BrF3NO2S/c12-5-1-2-6(7(3-5)11(13,14)15)9-16-4-8(19-9)10(17)18/h1-4H,(H,17,18). The van der Waals surface area contributed by atoms with Gasteiger partial charge >= 0.3 is 12.1 Å². The average molecular weight is 352 g/mol. The molecule has 0 bridgehead atoms. The lowest BCUT2D eigenvalue weighted by atomic mass is 10.1. The topological polar surface area (TPSA) is 50.2 Å². The Morgan fingerprint density at radius 3 is 2.58 bits per heavy atom. The largest absolute Gasteiger partial charge is 0.477 e. The van der Waals surface area contributed by atoms with Crippen LogP contribution in [0.25, 0.3) is 10.6 Å². The lowest BCUT2D eigenvalue weighted by molar-refractivity contribution is -0.137. The fourth-order valence-corrected chi connectivity index (χ4v) is 2.59. The minimum atomic E-state index is -4.53. The van der Waals surface area contributed by atoms with Crippen molar-refractivity contribution in [1.82, 2.24) is 4.98 Å². The van der Waals surface area contributed by atoms with Gasteiger partial charge in [-0.05, 0) is 12.1 Å². The van der Waals surface area contributed by atoms with Crippen molar-refractivity contribution in [1.29, 1.82) is 0 Å². The van der Waals surface area contributed by atoms with Crippen LogP contribution in [0.2, 0.25) is 0 Å². The molecule has 0 aliphatic carbocycles. The van der Waals surface area contributed by atoms with Crippen LogP contribution in [0.1, 0.15) is 15.2 Å². The number of halogens is 4. The van der Waals surface area contributed by atoms with Crippen LogP contribution in [0.3, 0.4) is 0 Å². The van der Waals surface area contributed by atoms with Gasteiger partial charge in [0, 0.05) is 10.0 Å². The molecule has 0 radical (unpaired) electrons. The molecule has 0 atom stereocenters. The smallest absolute Gasteiger partial charge is 0.417 e. The Bertz CT molecular complexity index is 639. The fourth-order valence-electron chi connectivity index (χ4n) is 1.44. The van der Waals surface area contributed by atoms with Gasteiger partial charge in [-0.2, -0.15) is 13.2 Å². The van der Waals surface area contributed by atoms with E-state index in [1.807, 2.05) is 0 Å². The molecule has 1 heterocycles. The van der Waals surface area contributed by atoms with Crippen molar-refractivity contribution in [3.05, 3.63) is 39.3 Å². The molecular weight excluding hydrogens is 347 g/mol. The molecule has 1 aromatic heterocycles. The number of carbonyl (C=O) groups is 1. The van der Waals surface area contributed by atoms with Gasteiger partial charge in [-0.25, -0.2) is 9.78 Å². The Kier molecular flexibility index (Phi) is 3.64. The Morgan fingerprint density at radius 2 is 2.05 bits per heavy atom. The summed E-state index contributed by atoms with van der Waals surface area (Å²) in [5, 5.41) is 8.78. The molecule has 0 unspecified atom stereocenters. The Balaban J connectivity index is 2.58. The average Bonchev–Trinajstić information content (AvgIpc) is 2.77. The fraction of sp³-hybridized carbons (Fsp3) is 0.0909. The van der Waals surface area contributed by atoms with Gasteiger partial charge in [-0.1, -0.05) is 22.0 Å². The highest BCUT2D eigenvalue weighted by Crippen LogP contribution is 2.39. The van der Waals surface area contributed by atoms with Crippen molar-refractivity contribution in [2.45, 2.75) is 6.18 Å². The zero-order valence-electron chi connectivity index (χ0n) is 9.03. The number of aromatic nitrogens is 1. The van der Waals surface area contributed by atoms with E-state index in [1.54, 1.807) is 0 Å².